The normalized spacial score (nSPS) is 17.6. The first-order chi connectivity index (χ1) is 17.5. The summed E-state index contributed by atoms with van der Waals surface area (Å²) in [5.74, 6) is 0.969. The summed E-state index contributed by atoms with van der Waals surface area (Å²) in [6, 6.07) is 14.2. The van der Waals surface area contributed by atoms with Crippen LogP contribution in [0.5, 0.6) is 5.75 Å². The molecule has 0 radical (unpaired) electrons. The Morgan fingerprint density at radius 2 is 1.86 bits per heavy atom. The maximum absolute atomic E-state index is 12.8. The summed E-state index contributed by atoms with van der Waals surface area (Å²) in [5.41, 5.74) is 4.81. The standard InChI is InChI=1S/C28H31N3O5/c1-3-26(32)31-11-10-20-8-9-22(16-23(20)27(31)21-6-4-19(2)5-7-21)35-18-25-29-24(17-36-25)28(33)30-12-14-34-15-13-30/h4-9,16-17,27H,3,10-15,18H2,1-2H3/t27-/m0/s1. The summed E-state index contributed by atoms with van der Waals surface area (Å²) in [4.78, 5) is 33.5. The van der Waals surface area contributed by atoms with Crippen molar-refractivity contribution in [1.29, 1.82) is 0 Å². The zero-order valence-corrected chi connectivity index (χ0v) is 20.7. The van der Waals surface area contributed by atoms with Crippen LogP contribution in [0.3, 0.4) is 0 Å². The average molecular weight is 490 g/mol. The number of aryl methyl sites for hydroxylation is 1. The fraction of sp³-hybridized carbons (Fsp3) is 0.393. The monoisotopic (exact) mass is 489 g/mol. The van der Waals surface area contributed by atoms with Crippen LogP contribution in [0, 0.1) is 6.92 Å². The molecule has 36 heavy (non-hydrogen) atoms. The third-order valence-corrected chi connectivity index (χ3v) is 6.79. The highest BCUT2D eigenvalue weighted by Crippen LogP contribution is 2.37. The van der Waals surface area contributed by atoms with Gasteiger partial charge in [-0.3, -0.25) is 9.59 Å². The van der Waals surface area contributed by atoms with Crippen LogP contribution in [0.25, 0.3) is 0 Å². The number of hydrogen-bond donors (Lipinski definition) is 0. The number of nitrogens with zero attached hydrogens (tertiary/aromatic N) is 3. The van der Waals surface area contributed by atoms with Crippen LogP contribution in [0.15, 0.2) is 53.1 Å². The Balaban J connectivity index is 1.34. The molecule has 3 aromatic rings. The molecule has 8 nitrogen and oxygen atoms in total. The van der Waals surface area contributed by atoms with Crippen molar-refractivity contribution in [2.24, 2.45) is 0 Å². The van der Waals surface area contributed by atoms with Gasteiger partial charge in [-0.1, -0.05) is 42.8 Å². The highest BCUT2D eigenvalue weighted by atomic mass is 16.5. The third-order valence-electron chi connectivity index (χ3n) is 6.79. The Kier molecular flexibility index (Phi) is 7.04. The topological polar surface area (TPSA) is 85.1 Å². The van der Waals surface area contributed by atoms with Gasteiger partial charge in [-0.25, -0.2) is 4.98 Å². The van der Waals surface area contributed by atoms with E-state index in [-0.39, 0.29) is 30.2 Å². The van der Waals surface area contributed by atoms with Crippen LogP contribution in [0.4, 0.5) is 0 Å². The van der Waals surface area contributed by atoms with E-state index >= 15 is 0 Å². The minimum Gasteiger partial charge on any atom is -0.484 e. The van der Waals surface area contributed by atoms with Crippen LogP contribution >= 0.6 is 0 Å². The quantitative estimate of drug-likeness (QED) is 0.522. The lowest BCUT2D eigenvalue weighted by Gasteiger charge is -2.38. The predicted molar refractivity (Wildman–Crippen MR) is 133 cm³/mol. The van der Waals surface area contributed by atoms with Gasteiger partial charge in [0.15, 0.2) is 12.3 Å². The number of ether oxygens (including phenoxy) is 2. The first-order valence-electron chi connectivity index (χ1n) is 12.5. The van der Waals surface area contributed by atoms with Gasteiger partial charge in [-0.2, -0.15) is 0 Å². The molecule has 3 heterocycles. The fourth-order valence-corrected chi connectivity index (χ4v) is 4.81. The molecule has 0 aliphatic carbocycles. The van der Waals surface area contributed by atoms with Crippen molar-refractivity contribution >= 4 is 11.8 Å². The number of carbonyl (C=O) groups excluding carboxylic acids is 2. The summed E-state index contributed by atoms with van der Waals surface area (Å²) in [6.07, 6.45) is 2.64. The maximum atomic E-state index is 12.8. The molecule has 5 rings (SSSR count). The van der Waals surface area contributed by atoms with Gasteiger partial charge in [0.1, 0.15) is 12.0 Å². The minimum atomic E-state index is -0.163. The maximum Gasteiger partial charge on any atom is 0.275 e. The van der Waals surface area contributed by atoms with E-state index in [4.69, 9.17) is 13.9 Å². The zero-order chi connectivity index (χ0) is 25.1. The van der Waals surface area contributed by atoms with Gasteiger partial charge in [0.2, 0.25) is 11.8 Å². The van der Waals surface area contributed by atoms with Gasteiger partial charge in [-0.15, -0.1) is 0 Å². The largest absolute Gasteiger partial charge is 0.484 e. The number of oxazole rings is 1. The summed E-state index contributed by atoms with van der Waals surface area (Å²) in [5, 5.41) is 0. The van der Waals surface area contributed by atoms with Crippen LogP contribution < -0.4 is 4.74 Å². The number of fused-ring (bicyclic) bond motifs is 1. The van der Waals surface area contributed by atoms with E-state index in [2.05, 4.69) is 42.2 Å². The molecule has 188 valence electrons. The van der Waals surface area contributed by atoms with E-state index in [0.717, 1.165) is 17.5 Å². The molecule has 0 saturated carbocycles. The van der Waals surface area contributed by atoms with Crippen molar-refractivity contribution in [1.82, 2.24) is 14.8 Å². The highest BCUT2D eigenvalue weighted by molar-refractivity contribution is 5.92. The molecular weight excluding hydrogens is 458 g/mol. The van der Waals surface area contributed by atoms with E-state index in [1.165, 1.54) is 17.4 Å². The molecule has 0 spiro atoms. The van der Waals surface area contributed by atoms with Gasteiger partial charge in [-0.05, 0) is 42.2 Å². The number of hydrogen-bond acceptors (Lipinski definition) is 6. The smallest absolute Gasteiger partial charge is 0.275 e. The summed E-state index contributed by atoms with van der Waals surface area (Å²) >= 11 is 0. The van der Waals surface area contributed by atoms with Gasteiger partial charge >= 0.3 is 0 Å². The van der Waals surface area contributed by atoms with Gasteiger partial charge in [0.25, 0.3) is 5.91 Å². The molecule has 2 aliphatic heterocycles. The Bertz CT molecular complexity index is 1230. The molecular formula is C28H31N3O5. The van der Waals surface area contributed by atoms with Crippen molar-refractivity contribution in [3.05, 3.63) is 82.6 Å². The molecule has 0 N–H and O–H groups in total. The predicted octanol–water partition coefficient (Wildman–Crippen LogP) is 3.92. The lowest BCUT2D eigenvalue weighted by molar-refractivity contribution is -0.132. The van der Waals surface area contributed by atoms with Gasteiger partial charge < -0.3 is 23.7 Å². The number of rotatable bonds is 6. The van der Waals surface area contributed by atoms with Gasteiger partial charge in [0, 0.05) is 26.1 Å². The molecule has 1 atom stereocenters. The van der Waals surface area contributed by atoms with Crippen molar-refractivity contribution in [2.45, 2.75) is 39.3 Å². The molecule has 2 amide bonds. The van der Waals surface area contributed by atoms with E-state index < -0.39 is 0 Å². The molecule has 1 saturated heterocycles. The van der Waals surface area contributed by atoms with Crippen LogP contribution in [0.2, 0.25) is 0 Å². The molecule has 1 fully saturated rings. The van der Waals surface area contributed by atoms with E-state index in [1.54, 1.807) is 4.90 Å². The first-order valence-corrected chi connectivity index (χ1v) is 12.5. The lowest BCUT2D eigenvalue weighted by Crippen LogP contribution is -2.40. The molecule has 8 heteroatoms. The fourth-order valence-electron chi connectivity index (χ4n) is 4.81. The molecule has 1 aromatic heterocycles. The van der Waals surface area contributed by atoms with Gasteiger partial charge in [0.05, 0.1) is 19.3 Å². The Morgan fingerprint density at radius 1 is 1.08 bits per heavy atom. The zero-order valence-electron chi connectivity index (χ0n) is 20.7. The van der Waals surface area contributed by atoms with Crippen LogP contribution in [-0.4, -0.2) is 59.4 Å². The van der Waals surface area contributed by atoms with Crippen LogP contribution in [0.1, 0.15) is 58.0 Å². The highest BCUT2D eigenvalue weighted by Gasteiger charge is 2.31. The van der Waals surface area contributed by atoms with Crippen molar-refractivity contribution in [2.75, 3.05) is 32.8 Å². The molecule has 0 unspecified atom stereocenters. The third kappa shape index (κ3) is 4.99. The second kappa shape index (κ2) is 10.5. The molecule has 0 bridgehead atoms. The summed E-state index contributed by atoms with van der Waals surface area (Å²) in [7, 11) is 0. The number of aromatic nitrogens is 1. The number of morpholine rings is 1. The van der Waals surface area contributed by atoms with E-state index in [1.807, 2.05) is 24.0 Å². The number of benzene rings is 2. The number of carbonyl (C=O) groups is 2. The SMILES string of the molecule is CCC(=O)N1CCc2ccc(OCc3nc(C(=O)N4CCOCC4)co3)cc2[C@@H]1c1ccc(C)cc1. The second-order valence-corrected chi connectivity index (χ2v) is 9.18. The van der Waals surface area contributed by atoms with Crippen molar-refractivity contribution in [3.8, 4) is 5.75 Å². The number of amides is 2. The molecule has 2 aliphatic rings. The summed E-state index contributed by atoms with van der Waals surface area (Å²) in [6.45, 7) is 6.90. The Hall–Kier alpha value is -3.65. The first kappa shape index (κ1) is 24.1. The van der Waals surface area contributed by atoms with E-state index in [0.29, 0.717) is 50.9 Å². The average Bonchev–Trinajstić information content (AvgIpc) is 3.40. The Labute approximate surface area is 210 Å². The Morgan fingerprint density at radius 3 is 2.61 bits per heavy atom. The van der Waals surface area contributed by atoms with E-state index in [9.17, 15) is 9.59 Å². The van der Waals surface area contributed by atoms with Crippen molar-refractivity contribution < 1.29 is 23.5 Å². The summed E-state index contributed by atoms with van der Waals surface area (Å²) < 4.78 is 16.8. The lowest BCUT2D eigenvalue weighted by atomic mass is 9.87. The van der Waals surface area contributed by atoms with Crippen molar-refractivity contribution in [3.63, 3.8) is 0 Å². The second-order valence-electron chi connectivity index (χ2n) is 9.18. The minimum absolute atomic E-state index is 0.0992. The molecule has 2 aromatic carbocycles. The van der Waals surface area contributed by atoms with Crippen LogP contribution in [-0.2, 0) is 22.6 Å².